The van der Waals surface area contributed by atoms with Crippen LogP contribution >= 0.6 is 24.2 Å². The third-order valence-corrected chi connectivity index (χ3v) is 4.05. The first kappa shape index (κ1) is 13.4. The summed E-state index contributed by atoms with van der Waals surface area (Å²) < 4.78 is 4.87. The third-order valence-electron chi connectivity index (χ3n) is 2.67. The van der Waals surface area contributed by atoms with Gasteiger partial charge in [0.25, 0.3) is 11.2 Å². The van der Waals surface area contributed by atoms with E-state index in [2.05, 4.69) is 24.1 Å². The number of nitrogens with zero attached hydrogens (tertiary/aromatic N) is 3. The Morgan fingerprint density at radius 3 is 2.75 bits per heavy atom. The maximum Gasteiger partial charge on any atom is 0.289 e. The van der Waals surface area contributed by atoms with Crippen LogP contribution in [0.2, 0.25) is 0 Å². The first-order valence-corrected chi connectivity index (χ1v) is 6.14. The van der Waals surface area contributed by atoms with Gasteiger partial charge in [0, 0.05) is 24.8 Å². The fraction of sp³-hybridized carbons (Fsp3) is 0.778. The molecule has 0 aromatic carbocycles. The summed E-state index contributed by atoms with van der Waals surface area (Å²) in [7, 11) is 0. The van der Waals surface area contributed by atoms with Crippen molar-refractivity contribution < 1.29 is 9.31 Å². The quantitative estimate of drug-likeness (QED) is 0.736. The molecular weight excluding hydrogens is 248 g/mol. The number of nitrogens with one attached hydrogen (secondary N) is 1. The number of halogens is 1. The Balaban J connectivity index is 0.00000128. The molecule has 1 aromatic heterocycles. The van der Waals surface area contributed by atoms with Gasteiger partial charge in [0.15, 0.2) is 0 Å². The smallest absolute Gasteiger partial charge is 0.289 e. The second kappa shape index (κ2) is 4.71. The Kier molecular flexibility index (Phi) is 3.96. The predicted molar refractivity (Wildman–Crippen MR) is 64.6 cm³/mol. The van der Waals surface area contributed by atoms with Crippen molar-refractivity contribution in [2.45, 2.75) is 26.3 Å². The molecule has 0 spiro atoms. The van der Waals surface area contributed by atoms with E-state index >= 15 is 0 Å². The summed E-state index contributed by atoms with van der Waals surface area (Å²) in [5, 5.41) is 13.6. The number of rotatable bonds is 1. The van der Waals surface area contributed by atoms with Gasteiger partial charge in [-0.1, -0.05) is 18.6 Å². The van der Waals surface area contributed by atoms with E-state index in [1.54, 1.807) is 4.79 Å². The molecular formula is C9H17ClN4OS. The zero-order valence-corrected chi connectivity index (χ0v) is 11.3. The average molecular weight is 265 g/mol. The zero-order valence-electron chi connectivity index (χ0n) is 9.69. The second-order valence-corrected chi connectivity index (χ2v) is 5.47. The Hall–Kier alpha value is -0.620. The maximum atomic E-state index is 7.51. The number of hydrogen-bond donors (Lipinski definition) is 1. The molecule has 2 heterocycles. The molecule has 0 radical (unpaired) electrons. The molecule has 0 aliphatic carbocycles. The number of aromatic nitrogens is 2. The van der Waals surface area contributed by atoms with E-state index in [0.717, 1.165) is 23.7 Å². The number of thioether (sulfide) groups is 1. The Morgan fingerprint density at radius 2 is 2.25 bits per heavy atom. The van der Waals surface area contributed by atoms with E-state index in [4.69, 9.17) is 9.93 Å². The lowest BCUT2D eigenvalue weighted by atomic mass is 10.1. The molecule has 1 aromatic rings. The fourth-order valence-corrected chi connectivity index (χ4v) is 2.82. The lowest BCUT2D eigenvalue weighted by molar-refractivity contribution is -0.774. The van der Waals surface area contributed by atoms with Crippen molar-refractivity contribution in [3.63, 3.8) is 0 Å². The van der Waals surface area contributed by atoms with Gasteiger partial charge in [-0.05, 0) is 11.0 Å². The molecule has 0 amide bonds. The van der Waals surface area contributed by atoms with Gasteiger partial charge in [0.05, 0.1) is 0 Å². The molecule has 1 fully saturated rings. The van der Waals surface area contributed by atoms with E-state index in [9.17, 15) is 0 Å². The monoisotopic (exact) mass is 264 g/mol. The largest absolute Gasteiger partial charge is 0.380 e. The molecule has 2 rings (SSSR count). The van der Waals surface area contributed by atoms with Crippen molar-refractivity contribution in [2.24, 2.45) is 0 Å². The predicted octanol–water partition coefficient (Wildman–Crippen LogP) is 0.197. The van der Waals surface area contributed by atoms with Crippen molar-refractivity contribution in [1.82, 2.24) is 5.27 Å². The third kappa shape index (κ3) is 2.22. The average Bonchev–Trinajstić information content (AvgIpc) is 2.48. The minimum absolute atomic E-state index is 0. The molecule has 1 saturated heterocycles. The van der Waals surface area contributed by atoms with Crippen molar-refractivity contribution in [3.05, 3.63) is 11.2 Å². The van der Waals surface area contributed by atoms with Crippen LogP contribution in [0.15, 0.2) is 4.52 Å². The molecule has 1 N–H and O–H groups in total. The number of hydrogen-bond acceptors (Lipinski definition) is 4. The molecule has 1 aliphatic heterocycles. The highest BCUT2D eigenvalue weighted by Crippen LogP contribution is 2.21. The van der Waals surface area contributed by atoms with Crippen LogP contribution in [0.1, 0.15) is 19.5 Å². The van der Waals surface area contributed by atoms with Crippen LogP contribution in [-0.4, -0.2) is 23.6 Å². The maximum absolute atomic E-state index is 7.51. The summed E-state index contributed by atoms with van der Waals surface area (Å²) in [6, 6.07) is 0. The van der Waals surface area contributed by atoms with Gasteiger partial charge in [0.1, 0.15) is 0 Å². The normalized spacial score (nSPS) is 19.3. The summed E-state index contributed by atoms with van der Waals surface area (Å²) in [6.45, 7) is 7.17. The first-order chi connectivity index (χ1) is 7.02. The summed E-state index contributed by atoms with van der Waals surface area (Å²) in [5.41, 5.74) is 0.959. The van der Waals surface area contributed by atoms with E-state index in [1.807, 2.05) is 18.7 Å². The van der Waals surface area contributed by atoms with E-state index in [0.29, 0.717) is 0 Å². The van der Waals surface area contributed by atoms with Crippen molar-refractivity contribution in [2.75, 3.05) is 23.1 Å². The molecule has 92 valence electrons. The molecule has 0 unspecified atom stereocenters. The highest BCUT2D eigenvalue weighted by atomic mass is 35.5. The summed E-state index contributed by atoms with van der Waals surface area (Å²) in [6.07, 6.45) is 0. The molecule has 7 heteroatoms. The van der Waals surface area contributed by atoms with Gasteiger partial charge in [-0.25, -0.2) is 0 Å². The molecule has 0 bridgehead atoms. The van der Waals surface area contributed by atoms with Crippen molar-refractivity contribution in [1.29, 1.82) is 5.41 Å². The molecule has 1 aliphatic rings. The van der Waals surface area contributed by atoms with Gasteiger partial charge in [-0.2, -0.15) is 11.8 Å². The summed E-state index contributed by atoms with van der Waals surface area (Å²) >= 11 is 1.95. The van der Waals surface area contributed by atoms with E-state index in [-0.39, 0.29) is 23.5 Å². The fourth-order valence-electron chi connectivity index (χ4n) is 1.72. The van der Waals surface area contributed by atoms with Gasteiger partial charge in [-0.3, -0.25) is 10.4 Å². The Labute approximate surface area is 105 Å². The highest BCUT2D eigenvalue weighted by Gasteiger charge is 2.32. The zero-order chi connectivity index (χ0) is 11.1. The van der Waals surface area contributed by atoms with Crippen molar-refractivity contribution in [3.8, 4) is 0 Å². The van der Waals surface area contributed by atoms with Crippen LogP contribution in [0.5, 0.6) is 0 Å². The summed E-state index contributed by atoms with van der Waals surface area (Å²) in [5.74, 6) is 2.16. The van der Waals surface area contributed by atoms with Crippen LogP contribution in [-0.2, 0) is 0 Å². The van der Waals surface area contributed by atoms with Crippen molar-refractivity contribution >= 4 is 24.2 Å². The van der Waals surface area contributed by atoms with Gasteiger partial charge in [0.2, 0.25) is 0 Å². The van der Waals surface area contributed by atoms with Gasteiger partial charge >= 0.3 is 0 Å². The SMILES string of the molecule is Cc1c(=N)o[n-][n+]1N1CCSCC1(C)C.Cl. The molecule has 16 heavy (non-hydrogen) atoms. The van der Waals surface area contributed by atoms with E-state index < -0.39 is 0 Å². The lowest BCUT2D eigenvalue weighted by Gasteiger charge is -2.42. The van der Waals surface area contributed by atoms with E-state index in [1.165, 1.54) is 0 Å². The standard InChI is InChI=1S/C9H16N4OS.ClH/c1-7-8(10)14-11-13(7)12-4-5-15-6-9(12,2)3;/h10H,4-6H2,1-3H3;1H. The Bertz CT molecular complexity index is 414. The van der Waals surface area contributed by atoms with Crippen LogP contribution in [0, 0.1) is 12.3 Å². The topological polar surface area (TPSA) is 58.2 Å². The van der Waals surface area contributed by atoms with Gasteiger partial charge in [-0.15, -0.1) is 12.4 Å². The summed E-state index contributed by atoms with van der Waals surface area (Å²) in [4.78, 5) is 1.72. The molecule has 0 saturated carbocycles. The molecule has 5 nitrogen and oxygen atoms in total. The highest BCUT2D eigenvalue weighted by molar-refractivity contribution is 7.99. The van der Waals surface area contributed by atoms with Crippen LogP contribution in [0.25, 0.3) is 0 Å². The lowest BCUT2D eigenvalue weighted by Crippen LogP contribution is -2.72. The van der Waals surface area contributed by atoms with Gasteiger partial charge < -0.3 is 4.52 Å². The minimum atomic E-state index is 0. The minimum Gasteiger partial charge on any atom is -0.380 e. The Morgan fingerprint density at radius 1 is 1.56 bits per heavy atom. The molecule has 0 atom stereocenters. The first-order valence-electron chi connectivity index (χ1n) is 4.98. The van der Waals surface area contributed by atoms with Crippen LogP contribution < -0.4 is 20.6 Å². The second-order valence-electron chi connectivity index (χ2n) is 4.37. The van der Waals surface area contributed by atoms with Crippen LogP contribution in [0.3, 0.4) is 0 Å². The van der Waals surface area contributed by atoms with Crippen LogP contribution in [0.4, 0.5) is 0 Å².